The fourth-order valence-corrected chi connectivity index (χ4v) is 3.16. The zero-order valence-corrected chi connectivity index (χ0v) is 16.5. The highest BCUT2D eigenvalue weighted by atomic mass is 16.6. The number of nitro benzene ring substituents is 1. The Kier molecular flexibility index (Phi) is 7.09. The Hall–Kier alpha value is -3.67. The van der Waals surface area contributed by atoms with Gasteiger partial charge in [-0.25, -0.2) is 4.79 Å². The molecule has 9 nitrogen and oxygen atoms in total. The number of allylic oxidation sites excluding steroid dienone is 2. The number of rotatable bonds is 8. The van der Waals surface area contributed by atoms with Crippen molar-refractivity contribution in [2.45, 2.75) is 26.2 Å². The number of hydrogen-bond acceptors (Lipinski definition) is 7. The average molecular weight is 398 g/mol. The highest BCUT2D eigenvalue weighted by Crippen LogP contribution is 2.40. The maximum absolute atomic E-state index is 12.8. The first kappa shape index (κ1) is 21.6. The summed E-state index contributed by atoms with van der Waals surface area (Å²) in [5.41, 5.74) is 2.17. The number of esters is 1. The first-order chi connectivity index (χ1) is 13.8. The van der Waals surface area contributed by atoms with Crippen molar-refractivity contribution >= 4 is 18.1 Å². The lowest BCUT2D eigenvalue weighted by Gasteiger charge is -2.36. The molecule has 1 aromatic carbocycles. The number of nitriles is 1. The van der Waals surface area contributed by atoms with E-state index in [2.05, 4.69) is 0 Å². The summed E-state index contributed by atoms with van der Waals surface area (Å²) in [7, 11) is 1.75. The van der Waals surface area contributed by atoms with Crippen molar-refractivity contribution in [1.82, 2.24) is 9.80 Å². The van der Waals surface area contributed by atoms with E-state index in [4.69, 9.17) is 10.00 Å². The fourth-order valence-electron chi connectivity index (χ4n) is 3.16. The number of nitrogens with zero attached hydrogens (tertiary/aromatic N) is 4. The highest BCUT2D eigenvalue weighted by Gasteiger charge is 2.35. The zero-order valence-electron chi connectivity index (χ0n) is 16.5. The van der Waals surface area contributed by atoms with E-state index >= 15 is 0 Å². The predicted molar refractivity (Wildman–Crippen MR) is 104 cm³/mol. The minimum absolute atomic E-state index is 0.0490. The molecule has 1 aromatic rings. The first-order valence-electron chi connectivity index (χ1n) is 9.01. The number of benzene rings is 1. The van der Waals surface area contributed by atoms with Crippen molar-refractivity contribution in [2.24, 2.45) is 0 Å². The molecule has 1 amide bonds. The molecule has 1 heterocycles. The molecule has 0 aromatic heterocycles. The summed E-state index contributed by atoms with van der Waals surface area (Å²) in [5.74, 6) is -1.26. The Labute approximate surface area is 168 Å². The van der Waals surface area contributed by atoms with Gasteiger partial charge in [-0.1, -0.05) is 12.1 Å². The van der Waals surface area contributed by atoms with E-state index in [0.717, 1.165) is 5.70 Å². The summed E-state index contributed by atoms with van der Waals surface area (Å²) in [6.45, 7) is 3.97. The van der Waals surface area contributed by atoms with Crippen LogP contribution in [0.5, 0.6) is 0 Å². The predicted octanol–water partition coefficient (Wildman–Crippen LogP) is 2.67. The average Bonchev–Trinajstić information content (AvgIpc) is 2.71. The number of amides is 1. The second kappa shape index (κ2) is 9.50. The van der Waals surface area contributed by atoms with Crippen molar-refractivity contribution in [3.63, 3.8) is 0 Å². The largest absolute Gasteiger partial charge is 0.461 e. The number of ether oxygens (including phenoxy) is 1. The van der Waals surface area contributed by atoms with Gasteiger partial charge in [0, 0.05) is 37.6 Å². The summed E-state index contributed by atoms with van der Waals surface area (Å²) >= 11 is 0. The molecule has 29 heavy (non-hydrogen) atoms. The number of hydrogen-bond donors (Lipinski definition) is 0. The van der Waals surface area contributed by atoms with Gasteiger partial charge in [-0.15, -0.1) is 0 Å². The molecule has 0 N–H and O–H groups in total. The molecule has 0 radical (unpaired) electrons. The van der Waals surface area contributed by atoms with Crippen LogP contribution in [0.25, 0.3) is 0 Å². The number of non-ortho nitro benzene ring substituents is 1. The SMILES string of the molecule is CCN(C=O)C1=C(C)N(C)C=C(C(=O)OCCC#N)C1c1ccc([N+](=O)[O-])cc1. The van der Waals surface area contributed by atoms with Crippen LogP contribution in [0.4, 0.5) is 5.69 Å². The van der Waals surface area contributed by atoms with E-state index in [1.54, 1.807) is 30.3 Å². The third kappa shape index (κ3) is 4.60. The Morgan fingerprint density at radius 1 is 1.41 bits per heavy atom. The molecule has 0 aliphatic carbocycles. The summed E-state index contributed by atoms with van der Waals surface area (Å²) in [4.78, 5) is 38.2. The molecule has 0 saturated carbocycles. The van der Waals surface area contributed by atoms with Crippen LogP contribution in [0.15, 0.2) is 47.4 Å². The second-order valence-electron chi connectivity index (χ2n) is 6.38. The molecular formula is C20H22N4O5. The zero-order chi connectivity index (χ0) is 21.6. The Morgan fingerprint density at radius 2 is 2.07 bits per heavy atom. The minimum atomic E-state index is -0.647. The van der Waals surface area contributed by atoms with Crippen molar-refractivity contribution in [1.29, 1.82) is 5.26 Å². The van der Waals surface area contributed by atoms with Crippen LogP contribution in [-0.2, 0) is 14.3 Å². The number of carbonyl (C=O) groups excluding carboxylic acids is 2. The third-order valence-electron chi connectivity index (χ3n) is 4.71. The summed E-state index contributed by atoms with van der Waals surface area (Å²) in [5, 5.41) is 19.7. The van der Waals surface area contributed by atoms with Gasteiger partial charge < -0.3 is 14.5 Å². The van der Waals surface area contributed by atoms with E-state index in [0.29, 0.717) is 24.2 Å². The number of nitro groups is 1. The standard InChI is InChI=1S/C20H22N4O5/c1-4-23(13-25)19-14(2)22(3)12-17(20(26)29-11-5-10-21)18(19)15-6-8-16(9-7-15)24(27)28/h6-9,12-13,18H,4-5,11H2,1-3H3. The molecule has 1 unspecified atom stereocenters. The smallest absolute Gasteiger partial charge is 0.336 e. The van der Waals surface area contributed by atoms with Gasteiger partial charge in [0.25, 0.3) is 5.69 Å². The van der Waals surface area contributed by atoms with E-state index in [-0.39, 0.29) is 24.3 Å². The fraction of sp³-hybridized carbons (Fsp3) is 0.350. The lowest BCUT2D eigenvalue weighted by atomic mass is 9.84. The van der Waals surface area contributed by atoms with Gasteiger partial charge in [0.05, 0.1) is 34.6 Å². The highest BCUT2D eigenvalue weighted by molar-refractivity contribution is 5.91. The van der Waals surface area contributed by atoms with E-state index in [9.17, 15) is 19.7 Å². The monoisotopic (exact) mass is 398 g/mol. The molecule has 9 heteroatoms. The molecular weight excluding hydrogens is 376 g/mol. The molecule has 0 spiro atoms. The Bertz CT molecular complexity index is 898. The molecule has 1 aliphatic heterocycles. The molecule has 1 aliphatic rings. The lowest BCUT2D eigenvalue weighted by Crippen LogP contribution is -2.35. The summed E-state index contributed by atoms with van der Waals surface area (Å²) in [6, 6.07) is 7.76. The van der Waals surface area contributed by atoms with Gasteiger partial charge in [-0.05, 0) is 19.4 Å². The van der Waals surface area contributed by atoms with Crippen LogP contribution in [-0.4, -0.2) is 47.3 Å². The van der Waals surface area contributed by atoms with Gasteiger partial charge in [0.15, 0.2) is 0 Å². The summed E-state index contributed by atoms with van der Waals surface area (Å²) < 4.78 is 5.22. The van der Waals surface area contributed by atoms with E-state index < -0.39 is 16.8 Å². The molecule has 152 valence electrons. The molecule has 1 atom stereocenters. The van der Waals surface area contributed by atoms with Gasteiger partial charge in [-0.2, -0.15) is 5.26 Å². The minimum Gasteiger partial charge on any atom is -0.461 e. The first-order valence-corrected chi connectivity index (χ1v) is 9.01. The van der Waals surface area contributed by atoms with E-state index in [1.807, 2.05) is 19.9 Å². The molecule has 2 rings (SSSR count). The third-order valence-corrected chi connectivity index (χ3v) is 4.71. The number of carbonyl (C=O) groups is 2. The lowest BCUT2D eigenvalue weighted by molar-refractivity contribution is -0.384. The Balaban J connectivity index is 2.57. The molecule has 0 saturated heterocycles. The topological polar surface area (TPSA) is 117 Å². The van der Waals surface area contributed by atoms with E-state index in [1.165, 1.54) is 17.0 Å². The van der Waals surface area contributed by atoms with Gasteiger partial charge in [0.2, 0.25) is 6.41 Å². The Morgan fingerprint density at radius 3 is 2.59 bits per heavy atom. The van der Waals surface area contributed by atoms with Crippen LogP contribution in [0.3, 0.4) is 0 Å². The van der Waals surface area contributed by atoms with Gasteiger partial charge in [0.1, 0.15) is 6.61 Å². The van der Waals surface area contributed by atoms with Crippen LogP contribution < -0.4 is 0 Å². The second-order valence-corrected chi connectivity index (χ2v) is 6.38. The van der Waals surface area contributed by atoms with Gasteiger partial charge >= 0.3 is 5.97 Å². The normalized spacial score (nSPS) is 16.0. The van der Waals surface area contributed by atoms with Crippen LogP contribution in [0, 0.1) is 21.4 Å². The maximum atomic E-state index is 12.8. The van der Waals surface area contributed by atoms with Crippen LogP contribution in [0.1, 0.15) is 31.7 Å². The maximum Gasteiger partial charge on any atom is 0.336 e. The number of likely N-dealkylation sites (N-methyl/N-ethyl adjacent to an activating group) is 1. The van der Waals surface area contributed by atoms with Crippen molar-refractivity contribution < 1.29 is 19.2 Å². The van der Waals surface area contributed by atoms with Gasteiger partial charge in [-0.3, -0.25) is 14.9 Å². The molecule has 0 bridgehead atoms. The van der Waals surface area contributed by atoms with Crippen molar-refractivity contribution in [3.8, 4) is 6.07 Å². The van der Waals surface area contributed by atoms with Crippen molar-refractivity contribution in [2.75, 3.05) is 20.2 Å². The molecule has 0 fully saturated rings. The summed E-state index contributed by atoms with van der Waals surface area (Å²) in [6.07, 6.45) is 2.38. The quantitative estimate of drug-likeness (QED) is 0.217. The van der Waals surface area contributed by atoms with Crippen LogP contribution in [0.2, 0.25) is 0 Å². The van der Waals surface area contributed by atoms with Crippen molar-refractivity contribution in [3.05, 3.63) is 63.1 Å². The van der Waals surface area contributed by atoms with Crippen LogP contribution >= 0.6 is 0 Å².